The van der Waals surface area contributed by atoms with Crippen molar-refractivity contribution >= 4 is 23.5 Å². The predicted molar refractivity (Wildman–Crippen MR) is 88.0 cm³/mol. The van der Waals surface area contributed by atoms with Gasteiger partial charge in [-0.1, -0.05) is 13.3 Å². The number of hydrogen-bond donors (Lipinski definition) is 2. The molecule has 1 heterocycles. The molecule has 0 spiro atoms. The van der Waals surface area contributed by atoms with Crippen molar-refractivity contribution in [3.8, 4) is 5.75 Å². The third kappa shape index (κ3) is 4.71. The average molecular weight is 334 g/mol. The van der Waals surface area contributed by atoms with Crippen molar-refractivity contribution < 1.29 is 24.2 Å². The van der Waals surface area contributed by atoms with Gasteiger partial charge in [0.15, 0.2) is 6.61 Å². The summed E-state index contributed by atoms with van der Waals surface area (Å²) in [6.07, 6.45) is 2.47. The number of aliphatic carboxylic acids is 1. The Kier molecular flexibility index (Phi) is 6.17. The number of anilines is 1. The zero-order valence-electron chi connectivity index (χ0n) is 13.7. The first-order valence-corrected chi connectivity index (χ1v) is 8.06. The number of carboxylic acid groups (broad SMARTS) is 1. The molecule has 0 saturated carbocycles. The molecular weight excluding hydrogens is 312 g/mol. The van der Waals surface area contributed by atoms with Crippen LogP contribution in [0.1, 0.15) is 32.6 Å². The lowest BCUT2D eigenvalue weighted by Gasteiger charge is -2.16. The Labute approximate surface area is 140 Å². The number of rotatable bonds is 8. The molecule has 1 aliphatic rings. The van der Waals surface area contributed by atoms with Crippen LogP contribution in [-0.4, -0.2) is 42.1 Å². The molecule has 1 fully saturated rings. The van der Waals surface area contributed by atoms with Crippen LogP contribution in [-0.2, 0) is 14.4 Å². The fourth-order valence-electron chi connectivity index (χ4n) is 2.57. The molecule has 0 aromatic heterocycles. The van der Waals surface area contributed by atoms with Crippen molar-refractivity contribution in [1.29, 1.82) is 0 Å². The lowest BCUT2D eigenvalue weighted by molar-refractivity contribution is -0.142. The van der Waals surface area contributed by atoms with Gasteiger partial charge in [-0.3, -0.25) is 9.59 Å². The minimum Gasteiger partial charge on any atom is -0.484 e. The van der Waals surface area contributed by atoms with Gasteiger partial charge in [-0.15, -0.1) is 0 Å². The van der Waals surface area contributed by atoms with E-state index in [0.29, 0.717) is 25.0 Å². The van der Waals surface area contributed by atoms with E-state index in [9.17, 15) is 14.4 Å². The molecule has 2 amide bonds. The highest BCUT2D eigenvalue weighted by atomic mass is 16.5. The maximum absolute atomic E-state index is 11.8. The van der Waals surface area contributed by atoms with Gasteiger partial charge in [0.2, 0.25) is 5.91 Å². The summed E-state index contributed by atoms with van der Waals surface area (Å²) in [5.74, 6) is -0.930. The van der Waals surface area contributed by atoms with E-state index in [2.05, 4.69) is 5.32 Å². The third-order valence-corrected chi connectivity index (χ3v) is 3.80. The van der Waals surface area contributed by atoms with Gasteiger partial charge in [0.1, 0.15) is 11.8 Å². The molecule has 1 aliphatic heterocycles. The standard InChI is InChI=1S/C17H22N2O5/c1-2-4-14(17(22)23)18-15(20)11-24-13-8-6-12(7-9-13)19-10-3-5-16(19)21/h6-9,14H,2-5,10-11H2,1H3,(H,18,20)(H,22,23). The number of benzene rings is 1. The van der Waals surface area contributed by atoms with E-state index in [1.54, 1.807) is 29.2 Å². The summed E-state index contributed by atoms with van der Waals surface area (Å²) >= 11 is 0. The first kappa shape index (κ1) is 17.8. The highest BCUT2D eigenvalue weighted by Crippen LogP contribution is 2.23. The van der Waals surface area contributed by atoms with Crippen LogP contribution in [0.3, 0.4) is 0 Å². The van der Waals surface area contributed by atoms with E-state index >= 15 is 0 Å². The summed E-state index contributed by atoms with van der Waals surface area (Å²) in [4.78, 5) is 36.2. The zero-order chi connectivity index (χ0) is 17.5. The average Bonchev–Trinajstić information content (AvgIpc) is 2.99. The lowest BCUT2D eigenvalue weighted by Crippen LogP contribution is -2.42. The summed E-state index contributed by atoms with van der Waals surface area (Å²) in [6, 6.07) is 6.03. The van der Waals surface area contributed by atoms with Crippen LogP contribution in [0.2, 0.25) is 0 Å². The van der Waals surface area contributed by atoms with Crippen molar-refractivity contribution in [2.24, 2.45) is 0 Å². The molecule has 1 aromatic carbocycles. The molecule has 2 N–H and O–H groups in total. The molecule has 1 saturated heterocycles. The molecule has 7 heteroatoms. The first-order chi connectivity index (χ1) is 11.5. The van der Waals surface area contributed by atoms with Gasteiger partial charge < -0.3 is 20.1 Å². The largest absolute Gasteiger partial charge is 0.484 e. The van der Waals surface area contributed by atoms with E-state index in [4.69, 9.17) is 9.84 Å². The molecule has 1 aromatic rings. The van der Waals surface area contributed by atoms with E-state index < -0.39 is 17.9 Å². The van der Waals surface area contributed by atoms with Crippen LogP contribution in [0.4, 0.5) is 5.69 Å². The molecule has 2 rings (SSSR count). The quantitative estimate of drug-likeness (QED) is 0.752. The normalized spacial score (nSPS) is 15.2. The van der Waals surface area contributed by atoms with Crippen LogP contribution >= 0.6 is 0 Å². The second kappa shape index (κ2) is 8.33. The summed E-state index contributed by atoms with van der Waals surface area (Å²) in [5, 5.41) is 11.4. The molecule has 130 valence electrons. The topological polar surface area (TPSA) is 95.9 Å². The van der Waals surface area contributed by atoms with Crippen LogP contribution < -0.4 is 15.0 Å². The van der Waals surface area contributed by atoms with Gasteiger partial charge in [0.25, 0.3) is 5.91 Å². The summed E-state index contributed by atoms with van der Waals surface area (Å²) in [7, 11) is 0. The zero-order valence-corrected chi connectivity index (χ0v) is 13.7. The van der Waals surface area contributed by atoms with Crippen molar-refractivity contribution in [2.75, 3.05) is 18.1 Å². The molecule has 0 radical (unpaired) electrons. The van der Waals surface area contributed by atoms with E-state index in [-0.39, 0.29) is 12.5 Å². The third-order valence-electron chi connectivity index (χ3n) is 3.80. The monoisotopic (exact) mass is 334 g/mol. The Morgan fingerprint density at radius 2 is 2.04 bits per heavy atom. The van der Waals surface area contributed by atoms with Crippen molar-refractivity contribution in [1.82, 2.24) is 5.32 Å². The minimum absolute atomic E-state index is 0.110. The van der Waals surface area contributed by atoms with Gasteiger partial charge >= 0.3 is 5.97 Å². The maximum Gasteiger partial charge on any atom is 0.326 e. The van der Waals surface area contributed by atoms with Gasteiger partial charge in [0.05, 0.1) is 0 Å². The number of hydrogen-bond acceptors (Lipinski definition) is 4. The molecule has 0 aliphatic carbocycles. The van der Waals surface area contributed by atoms with Crippen LogP contribution in [0.15, 0.2) is 24.3 Å². The number of carbonyl (C=O) groups is 3. The summed E-state index contributed by atoms with van der Waals surface area (Å²) < 4.78 is 5.36. The first-order valence-electron chi connectivity index (χ1n) is 8.06. The number of nitrogens with zero attached hydrogens (tertiary/aromatic N) is 1. The predicted octanol–water partition coefficient (Wildman–Crippen LogP) is 1.56. The molecule has 24 heavy (non-hydrogen) atoms. The van der Waals surface area contributed by atoms with E-state index in [1.165, 1.54) is 0 Å². The van der Waals surface area contributed by atoms with Gasteiger partial charge in [-0.05, 0) is 37.1 Å². The van der Waals surface area contributed by atoms with Crippen LogP contribution in [0, 0.1) is 0 Å². The van der Waals surface area contributed by atoms with E-state index in [0.717, 1.165) is 18.7 Å². The number of ether oxygens (including phenoxy) is 1. The number of carbonyl (C=O) groups excluding carboxylic acids is 2. The SMILES string of the molecule is CCCC(NC(=O)COc1ccc(N2CCCC2=O)cc1)C(=O)O. The van der Waals surface area contributed by atoms with Crippen LogP contribution in [0.25, 0.3) is 0 Å². The Balaban J connectivity index is 1.84. The molecule has 1 atom stereocenters. The van der Waals surface area contributed by atoms with Crippen LogP contribution in [0.5, 0.6) is 5.75 Å². The van der Waals surface area contributed by atoms with Gasteiger partial charge in [-0.2, -0.15) is 0 Å². The van der Waals surface area contributed by atoms with E-state index in [1.807, 2.05) is 6.92 Å². The fraction of sp³-hybridized carbons (Fsp3) is 0.471. The summed E-state index contributed by atoms with van der Waals surface area (Å²) in [5.41, 5.74) is 0.809. The Hall–Kier alpha value is -2.57. The Bertz CT molecular complexity index is 600. The fourth-order valence-corrected chi connectivity index (χ4v) is 2.57. The summed E-state index contributed by atoms with van der Waals surface area (Å²) in [6.45, 7) is 2.32. The lowest BCUT2D eigenvalue weighted by atomic mass is 10.2. The minimum atomic E-state index is -1.05. The maximum atomic E-state index is 11.8. The molecule has 7 nitrogen and oxygen atoms in total. The number of nitrogens with one attached hydrogen (secondary N) is 1. The molecule has 1 unspecified atom stereocenters. The second-order valence-corrected chi connectivity index (χ2v) is 5.68. The van der Waals surface area contributed by atoms with Crippen molar-refractivity contribution in [3.05, 3.63) is 24.3 Å². The number of carboxylic acids is 1. The number of amides is 2. The van der Waals surface area contributed by atoms with Gasteiger partial charge in [0, 0.05) is 18.7 Å². The molecule has 0 bridgehead atoms. The smallest absolute Gasteiger partial charge is 0.326 e. The second-order valence-electron chi connectivity index (χ2n) is 5.68. The highest BCUT2D eigenvalue weighted by Gasteiger charge is 2.21. The Morgan fingerprint density at radius 1 is 1.33 bits per heavy atom. The van der Waals surface area contributed by atoms with Gasteiger partial charge in [-0.25, -0.2) is 4.79 Å². The van der Waals surface area contributed by atoms with Crippen molar-refractivity contribution in [2.45, 2.75) is 38.6 Å². The highest BCUT2D eigenvalue weighted by molar-refractivity contribution is 5.95. The Morgan fingerprint density at radius 3 is 2.58 bits per heavy atom. The van der Waals surface area contributed by atoms with Crippen molar-refractivity contribution in [3.63, 3.8) is 0 Å². The molecular formula is C17H22N2O5.